The summed E-state index contributed by atoms with van der Waals surface area (Å²) >= 11 is 0. The lowest BCUT2D eigenvalue weighted by Gasteiger charge is -2.15. The fourth-order valence-corrected chi connectivity index (χ4v) is 3.23. The lowest BCUT2D eigenvalue weighted by atomic mass is 10.0. The summed E-state index contributed by atoms with van der Waals surface area (Å²) in [5.74, 6) is -1.000. The molecule has 0 atom stereocenters. The number of rotatable bonds is 4. The van der Waals surface area contributed by atoms with Gasteiger partial charge in [0.25, 0.3) is 0 Å². The van der Waals surface area contributed by atoms with Gasteiger partial charge in [-0.1, -0.05) is 13.8 Å². The van der Waals surface area contributed by atoms with Gasteiger partial charge in [0.05, 0.1) is 27.6 Å². The van der Waals surface area contributed by atoms with E-state index in [4.69, 9.17) is 0 Å². The summed E-state index contributed by atoms with van der Waals surface area (Å²) in [6.07, 6.45) is -1.18. The van der Waals surface area contributed by atoms with Gasteiger partial charge in [0.2, 0.25) is 0 Å². The maximum Gasteiger partial charge on any atom is 0.418 e. The Morgan fingerprint density at radius 3 is 2.43 bits per heavy atom. The number of halogens is 3. The van der Waals surface area contributed by atoms with Crippen LogP contribution < -0.4 is 0 Å². The Hall–Kier alpha value is -2.03. The number of hydrogen-bond acceptors (Lipinski definition) is 5. The number of nitrogens with zero attached hydrogens (tertiary/aromatic N) is 3. The second kappa shape index (κ2) is 6.23. The molecule has 9 heteroatoms. The van der Waals surface area contributed by atoms with Gasteiger partial charge < -0.3 is 0 Å². The molecule has 0 saturated carbocycles. The van der Waals surface area contributed by atoms with Crippen molar-refractivity contribution in [1.82, 2.24) is 15.0 Å². The third-order valence-corrected chi connectivity index (χ3v) is 4.70. The molecule has 0 bridgehead atoms. The number of aromatic nitrogens is 3. The van der Waals surface area contributed by atoms with Gasteiger partial charge in [-0.15, -0.1) is 0 Å². The minimum Gasteiger partial charge on any atom is -0.259 e. The van der Waals surface area contributed by atoms with E-state index in [-0.39, 0.29) is 11.4 Å². The summed E-state index contributed by atoms with van der Waals surface area (Å²) in [4.78, 5) is 10.7. The molecule has 2 rings (SSSR count). The molecule has 0 aliphatic rings. The van der Waals surface area contributed by atoms with Crippen LogP contribution in [0.25, 0.3) is 0 Å². The second-order valence-corrected chi connectivity index (χ2v) is 7.21. The molecule has 0 amide bonds. The van der Waals surface area contributed by atoms with E-state index in [0.717, 1.165) is 6.20 Å². The molecule has 2 heterocycles. The van der Waals surface area contributed by atoms with Crippen LogP contribution in [0.15, 0.2) is 35.7 Å². The molecule has 0 fully saturated rings. The van der Waals surface area contributed by atoms with Crippen molar-refractivity contribution in [3.8, 4) is 0 Å². The van der Waals surface area contributed by atoms with Crippen LogP contribution in [0.5, 0.6) is 0 Å². The predicted molar refractivity (Wildman–Crippen MR) is 76.2 cm³/mol. The van der Waals surface area contributed by atoms with Gasteiger partial charge in [0, 0.05) is 12.4 Å². The van der Waals surface area contributed by atoms with Crippen molar-refractivity contribution < 1.29 is 21.6 Å². The first kappa shape index (κ1) is 17.3. The maximum absolute atomic E-state index is 13.1. The van der Waals surface area contributed by atoms with E-state index in [2.05, 4.69) is 15.0 Å². The summed E-state index contributed by atoms with van der Waals surface area (Å²) in [7, 11) is -3.99. The summed E-state index contributed by atoms with van der Waals surface area (Å²) in [5.41, 5.74) is -1.02. The Balaban J connectivity index is 2.47. The second-order valence-electron chi connectivity index (χ2n) is 5.22. The molecule has 0 saturated heterocycles. The fraction of sp³-hybridized carbons (Fsp3) is 0.357. The van der Waals surface area contributed by atoms with E-state index in [1.165, 1.54) is 18.6 Å². The first-order valence-corrected chi connectivity index (χ1v) is 8.31. The standard InChI is InChI=1S/C14H14F3N3O2S/c1-9(2)13-12(14(15,16)17)5-11(6-19-13)23(21,22)7-10-3-4-18-8-20-10/h3-6,8-9H,7H2,1-2H3. The van der Waals surface area contributed by atoms with Crippen LogP contribution in [0.1, 0.15) is 36.7 Å². The molecule has 0 radical (unpaired) electrons. The summed E-state index contributed by atoms with van der Waals surface area (Å²) in [5, 5.41) is 0. The molecule has 0 aliphatic heterocycles. The smallest absolute Gasteiger partial charge is 0.259 e. The molecular weight excluding hydrogens is 331 g/mol. The van der Waals surface area contributed by atoms with Gasteiger partial charge in [-0.2, -0.15) is 13.2 Å². The zero-order chi connectivity index (χ0) is 17.3. The van der Waals surface area contributed by atoms with Gasteiger partial charge >= 0.3 is 6.18 Å². The highest BCUT2D eigenvalue weighted by molar-refractivity contribution is 7.90. The Morgan fingerprint density at radius 2 is 1.91 bits per heavy atom. The van der Waals surface area contributed by atoms with Crippen LogP contribution in [0, 0.1) is 0 Å². The van der Waals surface area contributed by atoms with Gasteiger partial charge in [-0.05, 0) is 18.1 Å². The summed E-state index contributed by atoms with van der Waals surface area (Å²) < 4.78 is 64.0. The van der Waals surface area contributed by atoms with Crippen molar-refractivity contribution in [1.29, 1.82) is 0 Å². The van der Waals surface area contributed by atoms with E-state index in [1.54, 1.807) is 13.8 Å². The molecule has 0 aliphatic carbocycles. The Kier molecular flexibility index (Phi) is 4.69. The zero-order valence-electron chi connectivity index (χ0n) is 12.4. The third-order valence-electron chi connectivity index (χ3n) is 3.09. The average Bonchev–Trinajstić information content (AvgIpc) is 2.46. The third kappa shape index (κ3) is 4.04. The van der Waals surface area contributed by atoms with Crippen molar-refractivity contribution >= 4 is 9.84 Å². The molecule has 0 spiro atoms. The highest BCUT2D eigenvalue weighted by Crippen LogP contribution is 2.35. The minimum atomic E-state index is -4.67. The van der Waals surface area contributed by atoms with Crippen molar-refractivity contribution in [3.63, 3.8) is 0 Å². The molecule has 0 unspecified atom stereocenters. The maximum atomic E-state index is 13.1. The van der Waals surface area contributed by atoms with E-state index in [9.17, 15) is 21.6 Å². The monoisotopic (exact) mass is 345 g/mol. The number of sulfone groups is 1. The first-order chi connectivity index (χ1) is 10.6. The topological polar surface area (TPSA) is 72.8 Å². The summed E-state index contributed by atoms with van der Waals surface area (Å²) in [6.45, 7) is 3.12. The quantitative estimate of drug-likeness (QED) is 0.852. The molecule has 5 nitrogen and oxygen atoms in total. The van der Waals surface area contributed by atoms with Crippen LogP contribution in [0.2, 0.25) is 0 Å². The van der Waals surface area contributed by atoms with Gasteiger partial charge in [-0.3, -0.25) is 4.98 Å². The van der Waals surface area contributed by atoms with Crippen molar-refractivity contribution in [2.75, 3.05) is 0 Å². The van der Waals surface area contributed by atoms with Gasteiger partial charge in [0.1, 0.15) is 6.33 Å². The van der Waals surface area contributed by atoms with Crippen LogP contribution in [-0.2, 0) is 21.8 Å². The van der Waals surface area contributed by atoms with Crippen LogP contribution in [0.4, 0.5) is 13.2 Å². The zero-order valence-corrected chi connectivity index (χ0v) is 13.2. The highest BCUT2D eigenvalue weighted by Gasteiger charge is 2.36. The van der Waals surface area contributed by atoms with E-state index in [0.29, 0.717) is 6.07 Å². The summed E-state index contributed by atoms with van der Waals surface area (Å²) in [6, 6.07) is 2.02. The normalized spacial score (nSPS) is 12.6. The molecule has 2 aromatic heterocycles. The average molecular weight is 345 g/mol. The SMILES string of the molecule is CC(C)c1ncc(S(=O)(=O)Cc2ccncn2)cc1C(F)(F)F. The van der Waals surface area contributed by atoms with Gasteiger partial charge in [-0.25, -0.2) is 18.4 Å². The predicted octanol–water partition coefficient (Wildman–Crippen LogP) is 2.99. The van der Waals surface area contributed by atoms with E-state index in [1.807, 2.05) is 0 Å². The largest absolute Gasteiger partial charge is 0.418 e. The molecule has 23 heavy (non-hydrogen) atoms. The fourth-order valence-electron chi connectivity index (χ4n) is 1.99. The van der Waals surface area contributed by atoms with Crippen molar-refractivity contribution in [2.24, 2.45) is 0 Å². The molecule has 2 aromatic rings. The number of pyridine rings is 1. The van der Waals surface area contributed by atoms with Crippen molar-refractivity contribution in [2.45, 2.75) is 36.6 Å². The lowest BCUT2D eigenvalue weighted by molar-refractivity contribution is -0.138. The molecular formula is C14H14F3N3O2S. The molecule has 0 aromatic carbocycles. The Labute approximate surface area is 131 Å². The molecule has 0 N–H and O–H groups in total. The van der Waals surface area contributed by atoms with Crippen LogP contribution in [-0.4, -0.2) is 23.4 Å². The van der Waals surface area contributed by atoms with Crippen molar-refractivity contribution in [3.05, 3.63) is 47.8 Å². The Bertz CT molecular complexity index is 791. The first-order valence-electron chi connectivity index (χ1n) is 6.66. The molecule has 124 valence electrons. The number of hydrogen-bond donors (Lipinski definition) is 0. The van der Waals surface area contributed by atoms with Gasteiger partial charge in [0.15, 0.2) is 9.84 Å². The van der Waals surface area contributed by atoms with E-state index < -0.39 is 38.1 Å². The lowest BCUT2D eigenvalue weighted by Crippen LogP contribution is -2.15. The van der Waals surface area contributed by atoms with E-state index >= 15 is 0 Å². The van der Waals surface area contributed by atoms with Crippen LogP contribution in [0.3, 0.4) is 0 Å². The Morgan fingerprint density at radius 1 is 1.22 bits per heavy atom. The minimum absolute atomic E-state index is 0.182. The van der Waals surface area contributed by atoms with Crippen LogP contribution >= 0.6 is 0 Å². The number of alkyl halides is 3. The highest BCUT2D eigenvalue weighted by atomic mass is 32.2.